The van der Waals surface area contributed by atoms with Gasteiger partial charge in [0, 0.05) is 23.8 Å². The van der Waals surface area contributed by atoms with Crippen LogP contribution in [0.2, 0.25) is 0 Å². The van der Waals surface area contributed by atoms with Crippen molar-refractivity contribution in [3.63, 3.8) is 0 Å². The zero-order valence-corrected chi connectivity index (χ0v) is 17.3. The molecule has 1 N–H and O–H groups in total. The lowest BCUT2D eigenvalue weighted by Crippen LogP contribution is -2.31. The lowest BCUT2D eigenvalue weighted by molar-refractivity contribution is 0.0953. The fourth-order valence-electron chi connectivity index (χ4n) is 2.83. The number of amides is 1. The number of carbonyl (C=O) groups excluding carboxylic acids is 1. The largest absolute Gasteiger partial charge is 0.350 e. The minimum absolute atomic E-state index is 0.0114. The molecule has 0 aliphatic rings. The van der Waals surface area contributed by atoms with Gasteiger partial charge in [-0.1, -0.05) is 32.0 Å². The number of nitrogens with one attached hydrogen (secondary N) is 1. The highest BCUT2D eigenvalue weighted by Crippen LogP contribution is 2.32. The van der Waals surface area contributed by atoms with E-state index in [0.717, 1.165) is 5.56 Å². The molecule has 2 heterocycles. The van der Waals surface area contributed by atoms with Gasteiger partial charge >= 0.3 is 0 Å². The summed E-state index contributed by atoms with van der Waals surface area (Å²) in [5.74, 6) is -0.0244. The molecule has 1 aromatic carbocycles. The molecule has 0 aliphatic carbocycles. The first-order chi connectivity index (χ1) is 13.4. The molecule has 28 heavy (non-hydrogen) atoms. The van der Waals surface area contributed by atoms with Gasteiger partial charge in [-0.25, -0.2) is 8.42 Å². The minimum atomic E-state index is -3.66. The van der Waals surface area contributed by atoms with Crippen LogP contribution in [-0.2, 0) is 9.84 Å². The van der Waals surface area contributed by atoms with E-state index in [1.807, 2.05) is 23.6 Å². The quantitative estimate of drug-likeness (QED) is 0.628. The van der Waals surface area contributed by atoms with Crippen molar-refractivity contribution < 1.29 is 13.2 Å². The highest BCUT2D eigenvalue weighted by molar-refractivity contribution is 7.91. The predicted octanol–water partition coefficient (Wildman–Crippen LogP) is 4.21. The molecule has 2 aromatic heterocycles. The molecule has 5 nitrogen and oxygen atoms in total. The van der Waals surface area contributed by atoms with Gasteiger partial charge in [-0.2, -0.15) is 0 Å². The fraction of sp³-hybridized carbons (Fsp3) is 0.238. The summed E-state index contributed by atoms with van der Waals surface area (Å²) in [4.78, 5) is 17.2. The zero-order chi connectivity index (χ0) is 20.1. The highest BCUT2D eigenvalue weighted by atomic mass is 32.2. The Bertz CT molecular complexity index is 1010. The smallest absolute Gasteiger partial charge is 0.252 e. The number of sulfone groups is 1. The van der Waals surface area contributed by atoms with Crippen LogP contribution in [0.15, 0.2) is 71.2 Å². The van der Waals surface area contributed by atoms with Crippen molar-refractivity contribution in [2.24, 2.45) is 0 Å². The van der Waals surface area contributed by atoms with Crippen molar-refractivity contribution in [3.05, 3.63) is 82.3 Å². The van der Waals surface area contributed by atoms with Gasteiger partial charge in [-0.05, 0) is 47.2 Å². The SMILES string of the molecule is CC(C)c1ccc(S(=O)(=O)[C@@H](CNC(=O)c2cccnc2)c2cccs2)cc1. The second-order valence-corrected chi connectivity index (χ2v) is 9.83. The van der Waals surface area contributed by atoms with E-state index in [-0.39, 0.29) is 17.3 Å². The molecule has 1 atom stereocenters. The summed E-state index contributed by atoms with van der Waals surface area (Å²) in [7, 11) is -3.66. The number of thiophene rings is 1. The number of nitrogens with zero attached hydrogens (tertiary/aromatic N) is 1. The molecule has 0 saturated heterocycles. The van der Waals surface area contributed by atoms with E-state index in [0.29, 0.717) is 16.4 Å². The van der Waals surface area contributed by atoms with E-state index in [1.165, 1.54) is 17.5 Å². The monoisotopic (exact) mass is 414 g/mol. The molecule has 0 bridgehead atoms. The van der Waals surface area contributed by atoms with Gasteiger partial charge in [0.1, 0.15) is 5.25 Å². The van der Waals surface area contributed by atoms with Crippen molar-refractivity contribution in [2.45, 2.75) is 29.9 Å². The first kappa shape index (κ1) is 20.2. The topological polar surface area (TPSA) is 76.1 Å². The Labute approximate surface area is 169 Å². The normalized spacial score (nSPS) is 12.7. The Morgan fingerprint density at radius 2 is 1.86 bits per heavy atom. The number of hydrogen-bond donors (Lipinski definition) is 1. The Balaban J connectivity index is 1.86. The Hall–Kier alpha value is -2.51. The van der Waals surface area contributed by atoms with Gasteiger partial charge in [0.05, 0.1) is 10.5 Å². The summed E-state index contributed by atoms with van der Waals surface area (Å²) in [6.07, 6.45) is 3.03. The van der Waals surface area contributed by atoms with Crippen LogP contribution in [-0.4, -0.2) is 25.9 Å². The van der Waals surface area contributed by atoms with Crippen LogP contribution in [0, 0.1) is 0 Å². The number of carbonyl (C=O) groups is 1. The Morgan fingerprint density at radius 1 is 1.11 bits per heavy atom. The summed E-state index contributed by atoms with van der Waals surface area (Å²) in [6, 6.07) is 13.9. The standard InChI is InChI=1S/C21H22N2O3S2/c1-15(2)16-7-9-18(10-8-16)28(25,26)20(19-6-4-12-27-19)14-23-21(24)17-5-3-11-22-13-17/h3-13,15,20H,14H2,1-2H3,(H,23,24)/t20-/m0/s1. The van der Waals surface area contributed by atoms with Crippen molar-refractivity contribution in [1.29, 1.82) is 0 Å². The third-order valence-electron chi connectivity index (χ3n) is 4.48. The fourth-order valence-corrected chi connectivity index (χ4v) is 5.61. The van der Waals surface area contributed by atoms with Crippen LogP contribution in [0.5, 0.6) is 0 Å². The first-order valence-electron chi connectivity index (χ1n) is 8.95. The van der Waals surface area contributed by atoms with Gasteiger partial charge in [0.15, 0.2) is 9.84 Å². The van der Waals surface area contributed by atoms with Crippen LogP contribution in [0.25, 0.3) is 0 Å². The lowest BCUT2D eigenvalue weighted by Gasteiger charge is -2.18. The number of aromatic nitrogens is 1. The average Bonchev–Trinajstić information content (AvgIpc) is 3.23. The van der Waals surface area contributed by atoms with E-state index in [9.17, 15) is 13.2 Å². The molecule has 3 aromatic rings. The van der Waals surface area contributed by atoms with E-state index < -0.39 is 15.1 Å². The molecule has 0 spiro atoms. The summed E-state index contributed by atoms with van der Waals surface area (Å²) in [6.45, 7) is 4.11. The molecule has 0 radical (unpaired) electrons. The summed E-state index contributed by atoms with van der Waals surface area (Å²) in [5.41, 5.74) is 1.47. The number of benzene rings is 1. The van der Waals surface area contributed by atoms with Crippen LogP contribution in [0.1, 0.15) is 45.8 Å². The van der Waals surface area contributed by atoms with Crippen LogP contribution in [0.3, 0.4) is 0 Å². The van der Waals surface area contributed by atoms with Crippen LogP contribution in [0.4, 0.5) is 0 Å². The maximum Gasteiger partial charge on any atom is 0.252 e. The van der Waals surface area contributed by atoms with Gasteiger partial charge in [-0.15, -0.1) is 11.3 Å². The predicted molar refractivity (Wildman–Crippen MR) is 111 cm³/mol. The van der Waals surface area contributed by atoms with Crippen molar-refractivity contribution in [2.75, 3.05) is 6.54 Å². The molecule has 146 valence electrons. The van der Waals surface area contributed by atoms with E-state index in [1.54, 1.807) is 36.5 Å². The van der Waals surface area contributed by atoms with Gasteiger partial charge in [0.25, 0.3) is 5.91 Å². The molecule has 1 amide bonds. The van der Waals surface area contributed by atoms with Crippen molar-refractivity contribution in [1.82, 2.24) is 10.3 Å². The molecular weight excluding hydrogens is 392 g/mol. The number of pyridine rings is 1. The maximum absolute atomic E-state index is 13.3. The van der Waals surface area contributed by atoms with Crippen molar-refractivity contribution in [3.8, 4) is 0 Å². The Kier molecular flexibility index (Phi) is 6.26. The van der Waals surface area contributed by atoms with Crippen LogP contribution >= 0.6 is 11.3 Å². The molecule has 0 fully saturated rings. The average molecular weight is 415 g/mol. The van der Waals surface area contributed by atoms with E-state index in [2.05, 4.69) is 24.1 Å². The molecule has 0 unspecified atom stereocenters. The second kappa shape index (κ2) is 8.67. The zero-order valence-electron chi connectivity index (χ0n) is 15.7. The van der Waals surface area contributed by atoms with Gasteiger partial charge in [0.2, 0.25) is 0 Å². The molecule has 0 aliphatic heterocycles. The second-order valence-electron chi connectivity index (χ2n) is 6.72. The molecule has 7 heteroatoms. The Morgan fingerprint density at radius 3 is 2.43 bits per heavy atom. The van der Waals surface area contributed by atoms with Crippen molar-refractivity contribution >= 4 is 27.1 Å². The summed E-state index contributed by atoms with van der Waals surface area (Å²) in [5, 5.41) is 3.73. The summed E-state index contributed by atoms with van der Waals surface area (Å²) < 4.78 is 26.6. The molecular formula is C21H22N2O3S2. The third-order valence-corrected chi connectivity index (χ3v) is 7.72. The maximum atomic E-state index is 13.3. The van der Waals surface area contributed by atoms with Gasteiger partial charge < -0.3 is 5.32 Å². The van der Waals surface area contributed by atoms with Gasteiger partial charge in [-0.3, -0.25) is 9.78 Å². The lowest BCUT2D eigenvalue weighted by atomic mass is 10.0. The molecule has 0 saturated carbocycles. The first-order valence-corrected chi connectivity index (χ1v) is 11.4. The third kappa shape index (κ3) is 4.48. The molecule has 3 rings (SSSR count). The van der Waals surface area contributed by atoms with E-state index >= 15 is 0 Å². The number of hydrogen-bond acceptors (Lipinski definition) is 5. The highest BCUT2D eigenvalue weighted by Gasteiger charge is 2.30. The summed E-state index contributed by atoms with van der Waals surface area (Å²) >= 11 is 1.37. The minimum Gasteiger partial charge on any atom is -0.350 e. The number of rotatable bonds is 7. The van der Waals surface area contributed by atoms with E-state index in [4.69, 9.17) is 0 Å². The van der Waals surface area contributed by atoms with Crippen LogP contribution < -0.4 is 5.32 Å².